The van der Waals surface area contributed by atoms with Gasteiger partial charge in [0, 0.05) is 14.0 Å². The first-order valence-electron chi connectivity index (χ1n) is 5.26. The molecule has 1 rings (SSSR count). The van der Waals surface area contributed by atoms with Crippen LogP contribution < -0.4 is 5.32 Å². The summed E-state index contributed by atoms with van der Waals surface area (Å²) in [5.74, 6) is 0. The Balaban J connectivity index is 0. The summed E-state index contributed by atoms with van der Waals surface area (Å²) in [4.78, 5) is 2.50. The summed E-state index contributed by atoms with van der Waals surface area (Å²) in [5, 5.41) is 3.33. The first kappa shape index (κ1) is 11.9. The zero-order valence-corrected chi connectivity index (χ0v) is 9.06. The quantitative estimate of drug-likeness (QED) is 0.688. The molecule has 0 aromatic heterocycles. The SMILES string of the molecule is CC.CCN1CCCC(NC)C1.[HH]. The zero-order valence-electron chi connectivity index (χ0n) is 9.06. The maximum atomic E-state index is 3.33. The smallest absolute Gasteiger partial charge is 0.0192 e. The second-order valence-electron chi connectivity index (χ2n) is 3.02. The van der Waals surface area contributed by atoms with E-state index in [1.54, 1.807) is 0 Å². The van der Waals surface area contributed by atoms with E-state index in [-0.39, 0.29) is 1.43 Å². The summed E-state index contributed by atoms with van der Waals surface area (Å²) in [5.41, 5.74) is 0. The van der Waals surface area contributed by atoms with Crippen molar-refractivity contribution >= 4 is 0 Å². The van der Waals surface area contributed by atoms with Crippen LogP contribution in [-0.2, 0) is 0 Å². The van der Waals surface area contributed by atoms with Gasteiger partial charge in [0.15, 0.2) is 0 Å². The van der Waals surface area contributed by atoms with Crippen LogP contribution in [0.15, 0.2) is 0 Å². The van der Waals surface area contributed by atoms with Crippen molar-refractivity contribution in [1.29, 1.82) is 0 Å². The number of piperidine rings is 1. The summed E-state index contributed by atoms with van der Waals surface area (Å²) >= 11 is 0. The number of likely N-dealkylation sites (tertiary alicyclic amines) is 1. The fraction of sp³-hybridized carbons (Fsp3) is 1.00. The third-order valence-electron chi connectivity index (χ3n) is 2.36. The van der Waals surface area contributed by atoms with Gasteiger partial charge in [-0.2, -0.15) is 0 Å². The molecule has 0 radical (unpaired) electrons. The molecule has 1 N–H and O–H groups in total. The Morgan fingerprint density at radius 2 is 2.17 bits per heavy atom. The minimum Gasteiger partial charge on any atom is -0.316 e. The average molecular weight is 174 g/mol. The van der Waals surface area contributed by atoms with Crippen LogP contribution in [-0.4, -0.2) is 37.6 Å². The Kier molecular flexibility index (Phi) is 7.51. The number of hydrogen-bond donors (Lipinski definition) is 1. The van der Waals surface area contributed by atoms with Crippen molar-refractivity contribution in [1.82, 2.24) is 10.2 Å². The van der Waals surface area contributed by atoms with Crippen LogP contribution in [0.5, 0.6) is 0 Å². The molecule has 0 aliphatic carbocycles. The molecular formula is C10H26N2. The van der Waals surface area contributed by atoms with Crippen molar-refractivity contribution in [2.24, 2.45) is 0 Å². The topological polar surface area (TPSA) is 15.3 Å². The van der Waals surface area contributed by atoms with Crippen LogP contribution in [0.2, 0.25) is 0 Å². The van der Waals surface area contributed by atoms with Crippen LogP contribution in [0.4, 0.5) is 0 Å². The normalized spacial score (nSPS) is 24.5. The third kappa shape index (κ3) is 4.07. The predicted molar refractivity (Wildman–Crippen MR) is 57.7 cm³/mol. The van der Waals surface area contributed by atoms with Crippen molar-refractivity contribution in [3.8, 4) is 0 Å². The average Bonchev–Trinajstić information content (AvgIpc) is 2.21. The lowest BCUT2D eigenvalue weighted by atomic mass is 10.1. The molecule has 0 amide bonds. The number of likely N-dealkylation sites (N-methyl/N-ethyl adjacent to an activating group) is 2. The number of hydrogen-bond acceptors (Lipinski definition) is 2. The molecule has 0 aromatic carbocycles. The molecule has 1 saturated heterocycles. The fourth-order valence-electron chi connectivity index (χ4n) is 1.58. The maximum Gasteiger partial charge on any atom is 0.0192 e. The molecule has 1 fully saturated rings. The summed E-state index contributed by atoms with van der Waals surface area (Å²) < 4.78 is 0. The Morgan fingerprint density at radius 3 is 2.67 bits per heavy atom. The van der Waals surface area contributed by atoms with E-state index in [1.807, 2.05) is 13.8 Å². The highest BCUT2D eigenvalue weighted by molar-refractivity contribution is 4.75. The van der Waals surface area contributed by atoms with Gasteiger partial charge >= 0.3 is 0 Å². The van der Waals surface area contributed by atoms with Crippen molar-refractivity contribution in [3.05, 3.63) is 0 Å². The van der Waals surface area contributed by atoms with Crippen LogP contribution in [0, 0.1) is 0 Å². The van der Waals surface area contributed by atoms with Gasteiger partial charge < -0.3 is 10.2 Å². The molecule has 1 aliphatic heterocycles. The fourth-order valence-corrected chi connectivity index (χ4v) is 1.58. The van der Waals surface area contributed by atoms with Gasteiger partial charge in [-0.1, -0.05) is 20.8 Å². The second-order valence-corrected chi connectivity index (χ2v) is 3.02. The monoisotopic (exact) mass is 174 g/mol. The van der Waals surface area contributed by atoms with Gasteiger partial charge in [-0.25, -0.2) is 0 Å². The van der Waals surface area contributed by atoms with E-state index < -0.39 is 0 Å². The highest BCUT2D eigenvalue weighted by Gasteiger charge is 2.15. The van der Waals surface area contributed by atoms with E-state index in [9.17, 15) is 0 Å². The van der Waals surface area contributed by atoms with Crippen molar-refractivity contribution in [2.75, 3.05) is 26.7 Å². The molecule has 2 nitrogen and oxygen atoms in total. The lowest BCUT2D eigenvalue weighted by molar-refractivity contribution is 0.204. The minimum atomic E-state index is 0. The van der Waals surface area contributed by atoms with E-state index in [0.29, 0.717) is 0 Å². The van der Waals surface area contributed by atoms with Gasteiger partial charge in [0.2, 0.25) is 0 Å². The predicted octanol–water partition coefficient (Wildman–Crippen LogP) is 1.96. The first-order chi connectivity index (χ1) is 5.86. The number of nitrogens with one attached hydrogen (secondary N) is 1. The standard InChI is InChI=1S/C8H18N2.C2H6.H2/c1-3-10-6-4-5-8(7-10)9-2;1-2;/h8-9H,3-7H2,1-2H3;1-2H3;1H. The lowest BCUT2D eigenvalue weighted by Crippen LogP contribution is -2.44. The Bertz CT molecular complexity index is 88.9. The van der Waals surface area contributed by atoms with Crippen LogP contribution >= 0.6 is 0 Å². The van der Waals surface area contributed by atoms with Crippen molar-refractivity contribution < 1.29 is 1.43 Å². The molecular weight excluding hydrogens is 148 g/mol. The van der Waals surface area contributed by atoms with Gasteiger partial charge in [0.05, 0.1) is 0 Å². The Morgan fingerprint density at radius 1 is 1.50 bits per heavy atom. The van der Waals surface area contributed by atoms with Crippen molar-refractivity contribution in [2.45, 2.75) is 39.7 Å². The summed E-state index contributed by atoms with van der Waals surface area (Å²) in [6.45, 7) is 9.98. The summed E-state index contributed by atoms with van der Waals surface area (Å²) in [6.07, 6.45) is 2.71. The molecule has 0 saturated carbocycles. The third-order valence-corrected chi connectivity index (χ3v) is 2.36. The second kappa shape index (κ2) is 7.56. The molecule has 0 aromatic rings. The van der Waals surface area contributed by atoms with Gasteiger partial charge in [0.25, 0.3) is 0 Å². The van der Waals surface area contributed by atoms with E-state index in [2.05, 4.69) is 24.2 Å². The summed E-state index contributed by atoms with van der Waals surface area (Å²) in [6, 6.07) is 0.744. The van der Waals surface area contributed by atoms with Gasteiger partial charge in [-0.3, -0.25) is 0 Å². The van der Waals surface area contributed by atoms with E-state index in [1.165, 1.54) is 32.5 Å². The molecule has 0 bridgehead atoms. The number of rotatable bonds is 2. The van der Waals surface area contributed by atoms with Gasteiger partial charge in [0.1, 0.15) is 0 Å². The largest absolute Gasteiger partial charge is 0.316 e. The van der Waals surface area contributed by atoms with E-state index in [0.717, 1.165) is 6.04 Å². The highest BCUT2D eigenvalue weighted by atomic mass is 15.1. The highest BCUT2D eigenvalue weighted by Crippen LogP contribution is 2.08. The molecule has 1 unspecified atom stereocenters. The summed E-state index contributed by atoms with van der Waals surface area (Å²) in [7, 11) is 2.06. The molecule has 0 spiro atoms. The first-order valence-corrected chi connectivity index (χ1v) is 5.26. The molecule has 1 aliphatic rings. The van der Waals surface area contributed by atoms with Crippen LogP contribution in [0.3, 0.4) is 0 Å². The molecule has 76 valence electrons. The maximum absolute atomic E-state index is 3.33. The van der Waals surface area contributed by atoms with Crippen LogP contribution in [0.25, 0.3) is 0 Å². The molecule has 12 heavy (non-hydrogen) atoms. The van der Waals surface area contributed by atoms with Gasteiger partial charge in [-0.05, 0) is 33.0 Å². The molecule has 1 atom stereocenters. The minimum absolute atomic E-state index is 0. The van der Waals surface area contributed by atoms with Gasteiger partial charge in [-0.15, -0.1) is 0 Å². The van der Waals surface area contributed by atoms with E-state index >= 15 is 0 Å². The lowest BCUT2D eigenvalue weighted by Gasteiger charge is -2.31. The number of nitrogens with zero attached hydrogens (tertiary/aromatic N) is 1. The van der Waals surface area contributed by atoms with Crippen molar-refractivity contribution in [3.63, 3.8) is 0 Å². The Labute approximate surface area is 78.8 Å². The Hall–Kier alpha value is -0.0800. The van der Waals surface area contributed by atoms with Crippen LogP contribution in [0.1, 0.15) is 35.0 Å². The molecule has 1 heterocycles. The van der Waals surface area contributed by atoms with E-state index in [4.69, 9.17) is 0 Å². The zero-order chi connectivity index (χ0) is 9.40. The molecule has 2 heteroatoms.